The molecule has 0 unspecified atom stereocenters. The summed E-state index contributed by atoms with van der Waals surface area (Å²) in [6.07, 6.45) is -2.43. The van der Waals surface area contributed by atoms with Crippen molar-refractivity contribution in [3.8, 4) is 0 Å². The predicted molar refractivity (Wildman–Crippen MR) is 59.5 cm³/mol. The summed E-state index contributed by atoms with van der Waals surface area (Å²) in [7, 11) is 0. The van der Waals surface area contributed by atoms with E-state index in [4.69, 9.17) is 0 Å². The zero-order valence-electron chi connectivity index (χ0n) is 5.62. The molecule has 0 aliphatic heterocycles. The lowest BCUT2D eigenvalue weighted by Crippen LogP contribution is -1.90. The highest BCUT2D eigenvalue weighted by molar-refractivity contribution is 14.1. The third kappa shape index (κ3) is 2.38. The number of halogens is 5. The van der Waals surface area contributed by atoms with E-state index in [2.05, 4.69) is 31.9 Å². The summed E-state index contributed by atoms with van der Waals surface area (Å²) < 4.78 is 26.6. The molecule has 5 heteroatoms. The lowest BCUT2D eigenvalue weighted by atomic mass is 10.2. The molecule has 0 spiro atoms. The van der Waals surface area contributed by atoms with E-state index in [0.717, 1.165) is 0 Å². The number of hydrogen-bond acceptors (Lipinski definition) is 0. The first-order chi connectivity index (χ1) is 5.52. The summed E-state index contributed by atoms with van der Waals surface area (Å²) in [5.74, 6) is 0. The molecule has 0 atom stereocenters. The van der Waals surface area contributed by atoms with E-state index in [1.165, 1.54) is 6.07 Å². The summed E-state index contributed by atoms with van der Waals surface area (Å²) >= 11 is 8.23. The third-order valence-corrected chi connectivity index (χ3v) is 4.28. The van der Waals surface area contributed by atoms with Crippen molar-refractivity contribution in [1.82, 2.24) is 0 Å². The van der Waals surface area contributed by atoms with Gasteiger partial charge in [-0.2, -0.15) is 0 Å². The van der Waals surface area contributed by atoms with Gasteiger partial charge in [-0.15, -0.1) is 0 Å². The molecule has 0 aliphatic rings. The van der Waals surface area contributed by atoms with Crippen molar-refractivity contribution in [3.63, 3.8) is 0 Å². The van der Waals surface area contributed by atoms with Crippen molar-refractivity contribution >= 4 is 54.5 Å². The fraction of sp³-hybridized carbons (Fsp3) is 0.143. The molecular formula is C7H3Br2F2I. The summed E-state index contributed by atoms with van der Waals surface area (Å²) in [6.45, 7) is 0. The standard InChI is InChI=1S/C7H3Br2F2I/c8-3-1-4(7(10)11)6(12)5(9)2-3/h1-2,7H. The van der Waals surface area contributed by atoms with Crippen LogP contribution in [0.15, 0.2) is 21.1 Å². The van der Waals surface area contributed by atoms with Crippen LogP contribution in [0.1, 0.15) is 12.0 Å². The van der Waals surface area contributed by atoms with Crippen molar-refractivity contribution in [2.45, 2.75) is 6.43 Å². The molecule has 0 fully saturated rings. The third-order valence-electron chi connectivity index (χ3n) is 1.26. The molecule has 1 aromatic rings. The lowest BCUT2D eigenvalue weighted by Gasteiger charge is -2.05. The predicted octanol–water partition coefficient (Wildman–Crippen LogP) is 4.75. The summed E-state index contributed by atoms with van der Waals surface area (Å²) in [5.41, 5.74) is 0.0526. The highest BCUT2D eigenvalue weighted by atomic mass is 127. The fourth-order valence-corrected chi connectivity index (χ4v) is 2.54. The highest BCUT2D eigenvalue weighted by Gasteiger charge is 2.14. The molecule has 12 heavy (non-hydrogen) atoms. The Kier molecular flexibility index (Phi) is 3.91. The average Bonchev–Trinajstić information content (AvgIpc) is 1.96. The van der Waals surface area contributed by atoms with E-state index in [1.807, 2.05) is 22.6 Å². The molecule has 0 nitrogen and oxygen atoms in total. The van der Waals surface area contributed by atoms with Crippen molar-refractivity contribution in [1.29, 1.82) is 0 Å². The minimum Gasteiger partial charge on any atom is -0.205 e. The van der Waals surface area contributed by atoms with Crippen LogP contribution in [0, 0.1) is 3.57 Å². The fourth-order valence-electron chi connectivity index (χ4n) is 0.735. The van der Waals surface area contributed by atoms with Crippen molar-refractivity contribution in [2.24, 2.45) is 0 Å². The van der Waals surface area contributed by atoms with E-state index in [0.29, 0.717) is 12.5 Å². The van der Waals surface area contributed by atoms with E-state index in [9.17, 15) is 8.78 Å². The second-order valence-electron chi connectivity index (χ2n) is 2.09. The van der Waals surface area contributed by atoms with Crippen molar-refractivity contribution in [2.75, 3.05) is 0 Å². The molecule has 0 saturated carbocycles. The van der Waals surface area contributed by atoms with Crippen LogP contribution in [0.5, 0.6) is 0 Å². The van der Waals surface area contributed by atoms with Crippen LogP contribution in [0.25, 0.3) is 0 Å². The minimum absolute atomic E-state index is 0.0526. The first-order valence-corrected chi connectivity index (χ1v) is 5.61. The Bertz CT molecular complexity index is 302. The van der Waals surface area contributed by atoms with Gasteiger partial charge in [-0.3, -0.25) is 0 Å². The quantitative estimate of drug-likeness (QED) is 0.462. The largest absolute Gasteiger partial charge is 0.264 e. The van der Waals surface area contributed by atoms with Crippen LogP contribution >= 0.6 is 54.5 Å². The monoisotopic (exact) mass is 410 g/mol. The molecule has 0 saturated heterocycles. The van der Waals surface area contributed by atoms with Crippen LogP contribution in [0.2, 0.25) is 0 Å². The van der Waals surface area contributed by atoms with Gasteiger partial charge in [0.2, 0.25) is 0 Å². The van der Waals surface area contributed by atoms with E-state index in [1.54, 1.807) is 6.07 Å². The molecule has 0 aromatic heterocycles. The Balaban J connectivity index is 3.28. The molecule has 66 valence electrons. The molecule has 0 bridgehead atoms. The van der Waals surface area contributed by atoms with Crippen molar-refractivity contribution < 1.29 is 8.78 Å². The maximum Gasteiger partial charge on any atom is 0.264 e. The van der Waals surface area contributed by atoms with Crippen molar-refractivity contribution in [3.05, 3.63) is 30.2 Å². The van der Waals surface area contributed by atoms with Gasteiger partial charge in [-0.05, 0) is 50.7 Å². The van der Waals surface area contributed by atoms with E-state index >= 15 is 0 Å². The molecule has 0 N–H and O–H groups in total. The Morgan fingerprint density at radius 2 is 1.83 bits per heavy atom. The first kappa shape index (κ1) is 10.8. The number of rotatable bonds is 1. The Hall–Kier alpha value is 0.770. The molecule has 0 amide bonds. The first-order valence-electron chi connectivity index (χ1n) is 2.95. The molecular weight excluding hydrogens is 409 g/mol. The molecule has 0 radical (unpaired) electrons. The maximum atomic E-state index is 12.3. The Morgan fingerprint density at radius 1 is 1.25 bits per heavy atom. The number of hydrogen-bond donors (Lipinski definition) is 0. The number of alkyl halides is 2. The van der Waals surface area contributed by atoms with Gasteiger partial charge in [-0.1, -0.05) is 15.9 Å². The van der Waals surface area contributed by atoms with Gasteiger partial charge in [0, 0.05) is 18.1 Å². The van der Waals surface area contributed by atoms with E-state index < -0.39 is 6.43 Å². The normalized spacial score (nSPS) is 10.8. The zero-order valence-corrected chi connectivity index (χ0v) is 11.0. The van der Waals surface area contributed by atoms with Crippen LogP contribution in [0.3, 0.4) is 0 Å². The molecule has 0 heterocycles. The lowest BCUT2D eigenvalue weighted by molar-refractivity contribution is 0.150. The maximum absolute atomic E-state index is 12.3. The van der Waals surface area contributed by atoms with Gasteiger partial charge in [0.15, 0.2) is 0 Å². The molecule has 1 aromatic carbocycles. The Morgan fingerprint density at radius 3 is 2.33 bits per heavy atom. The van der Waals surface area contributed by atoms with Gasteiger partial charge in [0.25, 0.3) is 6.43 Å². The van der Waals surface area contributed by atoms with Gasteiger partial charge in [0.1, 0.15) is 0 Å². The topological polar surface area (TPSA) is 0 Å². The highest BCUT2D eigenvalue weighted by Crippen LogP contribution is 2.32. The van der Waals surface area contributed by atoms with Gasteiger partial charge in [-0.25, -0.2) is 8.78 Å². The SMILES string of the molecule is FC(F)c1cc(Br)cc(Br)c1I. The van der Waals surface area contributed by atoms with Gasteiger partial charge >= 0.3 is 0 Å². The van der Waals surface area contributed by atoms with Gasteiger partial charge in [0.05, 0.1) is 0 Å². The van der Waals surface area contributed by atoms with Crippen LogP contribution < -0.4 is 0 Å². The molecule has 1 rings (SSSR count). The summed E-state index contributed by atoms with van der Waals surface area (Å²) in [5, 5.41) is 0. The second-order valence-corrected chi connectivity index (χ2v) is 4.94. The van der Waals surface area contributed by atoms with Gasteiger partial charge < -0.3 is 0 Å². The van der Waals surface area contributed by atoms with Crippen LogP contribution in [-0.2, 0) is 0 Å². The van der Waals surface area contributed by atoms with Crippen LogP contribution in [-0.4, -0.2) is 0 Å². The number of benzene rings is 1. The zero-order chi connectivity index (χ0) is 9.30. The smallest absolute Gasteiger partial charge is 0.205 e. The summed E-state index contributed by atoms with van der Waals surface area (Å²) in [6, 6.07) is 3.17. The van der Waals surface area contributed by atoms with Crippen LogP contribution in [0.4, 0.5) is 8.78 Å². The minimum atomic E-state index is -2.43. The average molecular weight is 412 g/mol. The van der Waals surface area contributed by atoms with E-state index in [-0.39, 0.29) is 5.56 Å². The summed E-state index contributed by atoms with van der Waals surface area (Å²) in [4.78, 5) is 0. The molecule has 0 aliphatic carbocycles. The Labute approximate surface area is 99.1 Å². The second kappa shape index (κ2) is 4.32.